The molecule has 3 heterocycles. The Balaban J connectivity index is 1.72. The number of hydrogen-bond acceptors (Lipinski definition) is 4. The predicted octanol–water partition coefficient (Wildman–Crippen LogP) is 1.80. The van der Waals surface area contributed by atoms with E-state index in [2.05, 4.69) is 16.8 Å². The van der Waals surface area contributed by atoms with Crippen LogP contribution in [0.1, 0.15) is 18.4 Å². The largest absolute Gasteiger partial charge is 0.497 e. The second-order valence-electron chi connectivity index (χ2n) is 6.69. The molecule has 0 radical (unpaired) electrons. The molecule has 0 spiro atoms. The van der Waals surface area contributed by atoms with Gasteiger partial charge in [0.1, 0.15) is 11.5 Å². The number of likely N-dealkylation sites (N-methyl/N-ethyl adjacent to an activating group) is 1. The van der Waals surface area contributed by atoms with Crippen LogP contribution in [0.25, 0.3) is 0 Å². The normalized spacial score (nSPS) is 24.4. The lowest BCUT2D eigenvalue weighted by atomic mass is 9.96. The van der Waals surface area contributed by atoms with Crippen LogP contribution in [0.5, 0.6) is 11.5 Å². The van der Waals surface area contributed by atoms with Gasteiger partial charge >= 0.3 is 0 Å². The summed E-state index contributed by atoms with van der Waals surface area (Å²) in [5, 5.41) is 0. The molecule has 2 atom stereocenters. The van der Waals surface area contributed by atoms with Gasteiger partial charge in [-0.05, 0) is 31.9 Å². The van der Waals surface area contributed by atoms with Crippen molar-refractivity contribution in [2.24, 2.45) is 5.92 Å². The Bertz CT molecular complexity index is 575. The van der Waals surface area contributed by atoms with Crippen LogP contribution in [0, 0.1) is 5.92 Å². The van der Waals surface area contributed by atoms with Crippen molar-refractivity contribution >= 4 is 5.91 Å². The molecule has 5 heteroatoms. The number of carbonyl (C=O) groups is 1. The molecule has 23 heavy (non-hydrogen) atoms. The number of piperidine rings is 1. The molecule has 0 aliphatic carbocycles. The summed E-state index contributed by atoms with van der Waals surface area (Å²) in [5.41, 5.74) is 0.920. The second-order valence-corrected chi connectivity index (χ2v) is 6.69. The molecule has 5 nitrogen and oxygen atoms in total. The lowest BCUT2D eigenvalue weighted by Gasteiger charge is -2.32. The highest BCUT2D eigenvalue weighted by atomic mass is 16.5. The number of rotatable bonds is 4. The molecule has 4 rings (SSSR count). The number of carbonyl (C=O) groups excluding carboxylic acids is 1. The fourth-order valence-corrected chi connectivity index (χ4v) is 3.79. The molecular weight excluding hydrogens is 292 g/mol. The maximum Gasteiger partial charge on any atom is 0.227 e. The SMILES string of the molecule is COc1ccc(CC(=O)N2C[C@H]3CC[C@@H](C2)N(C)C3)c(OC)c1. The highest BCUT2D eigenvalue weighted by Gasteiger charge is 2.34. The maximum atomic E-state index is 12.8. The van der Waals surface area contributed by atoms with Crippen molar-refractivity contribution in [2.75, 3.05) is 40.9 Å². The van der Waals surface area contributed by atoms with Gasteiger partial charge in [-0.1, -0.05) is 6.07 Å². The Morgan fingerprint density at radius 3 is 2.70 bits per heavy atom. The monoisotopic (exact) mass is 318 g/mol. The van der Waals surface area contributed by atoms with E-state index in [1.165, 1.54) is 12.8 Å². The van der Waals surface area contributed by atoms with E-state index >= 15 is 0 Å². The number of nitrogens with zero attached hydrogens (tertiary/aromatic N) is 2. The Morgan fingerprint density at radius 2 is 2.00 bits per heavy atom. The first-order valence-corrected chi connectivity index (χ1v) is 8.29. The molecule has 0 saturated carbocycles. The summed E-state index contributed by atoms with van der Waals surface area (Å²) in [7, 11) is 5.43. The third-order valence-corrected chi connectivity index (χ3v) is 5.18. The van der Waals surface area contributed by atoms with E-state index in [0.717, 1.165) is 30.9 Å². The Labute approximate surface area is 138 Å². The molecule has 2 bridgehead atoms. The number of fused-ring (bicyclic) bond motifs is 4. The Morgan fingerprint density at radius 1 is 1.17 bits per heavy atom. The quantitative estimate of drug-likeness (QED) is 0.849. The summed E-state index contributed by atoms with van der Waals surface area (Å²) in [6.07, 6.45) is 2.83. The van der Waals surface area contributed by atoms with E-state index < -0.39 is 0 Å². The minimum Gasteiger partial charge on any atom is -0.497 e. The van der Waals surface area contributed by atoms with Gasteiger partial charge in [0, 0.05) is 37.3 Å². The third-order valence-electron chi connectivity index (χ3n) is 5.18. The van der Waals surface area contributed by atoms with Crippen molar-refractivity contribution in [1.82, 2.24) is 9.80 Å². The average molecular weight is 318 g/mol. The van der Waals surface area contributed by atoms with Crippen molar-refractivity contribution in [3.05, 3.63) is 23.8 Å². The van der Waals surface area contributed by atoms with Crippen LogP contribution < -0.4 is 9.47 Å². The number of ether oxygens (including phenoxy) is 2. The van der Waals surface area contributed by atoms with Crippen molar-refractivity contribution in [3.8, 4) is 11.5 Å². The van der Waals surface area contributed by atoms with Gasteiger partial charge in [0.2, 0.25) is 5.91 Å². The maximum absolute atomic E-state index is 12.8. The van der Waals surface area contributed by atoms with Crippen LogP contribution in [-0.2, 0) is 11.2 Å². The van der Waals surface area contributed by atoms with Gasteiger partial charge < -0.3 is 19.3 Å². The van der Waals surface area contributed by atoms with E-state index in [-0.39, 0.29) is 5.91 Å². The molecule has 3 aliphatic heterocycles. The molecule has 0 N–H and O–H groups in total. The molecular formula is C18H26N2O3. The molecule has 126 valence electrons. The zero-order chi connectivity index (χ0) is 16.4. The minimum atomic E-state index is 0.195. The van der Waals surface area contributed by atoms with Gasteiger partial charge in [-0.2, -0.15) is 0 Å². The molecule has 1 amide bonds. The standard InChI is InChI=1S/C18H26N2O3/c1-19-10-13-4-6-15(19)12-20(11-13)18(21)8-14-5-7-16(22-2)9-17(14)23-3/h5,7,9,13,15H,4,6,8,10-12H2,1-3H3/t13-,15-/m0/s1. The summed E-state index contributed by atoms with van der Waals surface area (Å²) in [6, 6.07) is 6.15. The summed E-state index contributed by atoms with van der Waals surface area (Å²) in [6.45, 7) is 2.85. The van der Waals surface area contributed by atoms with Crippen molar-refractivity contribution < 1.29 is 14.3 Å². The van der Waals surface area contributed by atoms with Crippen LogP contribution in [-0.4, -0.2) is 62.7 Å². The summed E-state index contributed by atoms with van der Waals surface area (Å²) in [4.78, 5) is 17.3. The number of amides is 1. The molecule has 1 aromatic carbocycles. The van der Waals surface area contributed by atoms with Gasteiger partial charge in [0.15, 0.2) is 0 Å². The van der Waals surface area contributed by atoms with Crippen LogP contribution in [0.3, 0.4) is 0 Å². The fraction of sp³-hybridized carbons (Fsp3) is 0.611. The number of methoxy groups -OCH3 is 2. The van der Waals surface area contributed by atoms with E-state index in [4.69, 9.17) is 9.47 Å². The van der Waals surface area contributed by atoms with Gasteiger partial charge in [-0.3, -0.25) is 4.79 Å². The molecule has 0 aromatic heterocycles. The van der Waals surface area contributed by atoms with Crippen molar-refractivity contribution in [2.45, 2.75) is 25.3 Å². The van der Waals surface area contributed by atoms with Gasteiger partial charge in [-0.25, -0.2) is 0 Å². The zero-order valence-electron chi connectivity index (χ0n) is 14.2. The fourth-order valence-electron chi connectivity index (χ4n) is 3.79. The van der Waals surface area contributed by atoms with Crippen molar-refractivity contribution in [1.29, 1.82) is 0 Å². The lowest BCUT2D eigenvalue weighted by molar-refractivity contribution is -0.130. The predicted molar refractivity (Wildman–Crippen MR) is 89.0 cm³/mol. The minimum absolute atomic E-state index is 0.195. The van der Waals surface area contributed by atoms with Crippen molar-refractivity contribution in [3.63, 3.8) is 0 Å². The van der Waals surface area contributed by atoms with Crippen LogP contribution >= 0.6 is 0 Å². The summed E-state index contributed by atoms with van der Waals surface area (Å²) < 4.78 is 10.6. The van der Waals surface area contributed by atoms with Gasteiger partial charge in [0.05, 0.1) is 20.6 Å². The highest BCUT2D eigenvalue weighted by Crippen LogP contribution is 2.29. The van der Waals surface area contributed by atoms with Gasteiger partial charge in [0.25, 0.3) is 0 Å². The number of benzene rings is 1. The summed E-state index contributed by atoms with van der Waals surface area (Å²) in [5.74, 6) is 2.27. The smallest absolute Gasteiger partial charge is 0.227 e. The molecule has 3 fully saturated rings. The zero-order valence-corrected chi connectivity index (χ0v) is 14.2. The molecule has 1 aromatic rings. The van der Waals surface area contributed by atoms with E-state index in [1.807, 2.05) is 18.2 Å². The molecule has 3 aliphatic rings. The van der Waals surface area contributed by atoms with Crippen LogP contribution in [0.15, 0.2) is 18.2 Å². The first kappa shape index (κ1) is 16.1. The first-order chi connectivity index (χ1) is 11.1. The van der Waals surface area contributed by atoms with Crippen LogP contribution in [0.4, 0.5) is 0 Å². The summed E-state index contributed by atoms with van der Waals surface area (Å²) >= 11 is 0. The van der Waals surface area contributed by atoms with Crippen LogP contribution in [0.2, 0.25) is 0 Å². The lowest BCUT2D eigenvalue weighted by Crippen LogP contribution is -2.42. The first-order valence-electron chi connectivity index (χ1n) is 8.29. The molecule has 0 unspecified atom stereocenters. The Hall–Kier alpha value is -1.75. The molecule has 3 saturated heterocycles. The van der Waals surface area contributed by atoms with E-state index in [0.29, 0.717) is 24.1 Å². The Kier molecular flexibility index (Phi) is 4.76. The topological polar surface area (TPSA) is 42.0 Å². The number of hydrogen-bond donors (Lipinski definition) is 0. The third kappa shape index (κ3) is 3.44. The van der Waals surface area contributed by atoms with E-state index in [9.17, 15) is 4.79 Å². The highest BCUT2D eigenvalue weighted by molar-refractivity contribution is 5.79. The van der Waals surface area contributed by atoms with Gasteiger partial charge in [-0.15, -0.1) is 0 Å². The van der Waals surface area contributed by atoms with E-state index in [1.54, 1.807) is 14.2 Å². The second kappa shape index (κ2) is 6.79. The average Bonchev–Trinajstić information content (AvgIpc) is 2.86.